The molecule has 0 atom stereocenters. The Kier molecular flexibility index (Phi) is 5.47. The van der Waals surface area contributed by atoms with Crippen LogP contribution in [0.15, 0.2) is 182 Å². The predicted octanol–water partition coefficient (Wildman–Crippen LogP) is 12.4. The van der Waals surface area contributed by atoms with Crippen LogP contribution in [0.2, 0.25) is 0 Å². The molecule has 53 heavy (non-hydrogen) atoms. The van der Waals surface area contributed by atoms with E-state index in [-0.39, 0.29) is 0 Å². The zero-order valence-corrected chi connectivity index (χ0v) is 28.7. The van der Waals surface area contributed by atoms with Gasteiger partial charge in [0.1, 0.15) is 0 Å². The van der Waals surface area contributed by atoms with Crippen molar-refractivity contribution < 1.29 is 0 Å². The first kappa shape index (κ1) is 28.7. The lowest BCUT2D eigenvalue weighted by Crippen LogP contribution is -2.43. The van der Waals surface area contributed by atoms with Gasteiger partial charge in [-0.3, -0.25) is 0 Å². The third-order valence-corrected chi connectivity index (χ3v) is 12.5. The third-order valence-electron chi connectivity index (χ3n) is 12.5. The number of rotatable bonds is 1. The number of para-hydroxylation sites is 1. The van der Waals surface area contributed by atoms with Gasteiger partial charge in [-0.05, 0) is 79.4 Å². The van der Waals surface area contributed by atoms with E-state index in [4.69, 9.17) is 6.57 Å². The summed E-state index contributed by atoms with van der Waals surface area (Å²) in [5.41, 5.74) is 18.9. The monoisotopic (exact) mass is 670 g/mol. The van der Waals surface area contributed by atoms with Crippen LogP contribution in [0.5, 0.6) is 0 Å². The highest BCUT2D eigenvalue weighted by molar-refractivity contribution is 6.16. The van der Waals surface area contributed by atoms with Crippen LogP contribution in [0.1, 0.15) is 44.5 Å². The number of benzene rings is 8. The summed E-state index contributed by atoms with van der Waals surface area (Å²) < 4.78 is 2.43. The summed E-state index contributed by atoms with van der Waals surface area (Å²) in [4.78, 5) is 3.70. The van der Waals surface area contributed by atoms with Crippen LogP contribution in [0.25, 0.3) is 54.6 Å². The normalized spacial score (nSPS) is 14.7. The molecule has 2 heteroatoms. The van der Waals surface area contributed by atoms with E-state index in [1.54, 1.807) is 0 Å². The van der Waals surface area contributed by atoms with Gasteiger partial charge in [-0.1, -0.05) is 164 Å². The Morgan fingerprint density at radius 3 is 1.40 bits per heavy atom. The lowest BCUT2D eigenvalue weighted by molar-refractivity contribution is 0.633. The highest BCUT2D eigenvalue weighted by Gasteiger charge is 2.59. The second-order valence-corrected chi connectivity index (χ2v) is 14.6. The molecule has 2 spiro atoms. The van der Waals surface area contributed by atoms with Crippen LogP contribution in [-0.2, 0) is 10.8 Å². The van der Waals surface area contributed by atoms with Crippen LogP contribution in [0.3, 0.4) is 0 Å². The quantitative estimate of drug-likeness (QED) is 0.154. The molecule has 0 bridgehead atoms. The van der Waals surface area contributed by atoms with Gasteiger partial charge < -0.3 is 4.57 Å². The van der Waals surface area contributed by atoms with Crippen molar-refractivity contribution in [2.45, 2.75) is 10.8 Å². The minimum Gasteiger partial charge on any atom is -0.309 e. The van der Waals surface area contributed by atoms with E-state index < -0.39 is 10.8 Å². The van der Waals surface area contributed by atoms with E-state index in [1.807, 2.05) is 12.1 Å². The second-order valence-electron chi connectivity index (χ2n) is 14.6. The SMILES string of the molecule is [C-]#[N+]c1ccc(-n2c3ccccc3c3ccc4c(c32)-c2ccccc2C42c3ccccc3C3(c4ccccc4-c4ccccc43)c3ccccc32)cc1. The van der Waals surface area contributed by atoms with E-state index >= 15 is 0 Å². The second kappa shape index (κ2) is 10.1. The number of fused-ring (bicyclic) bond motifs is 20. The number of nitrogens with zero attached hydrogens (tertiary/aromatic N) is 2. The van der Waals surface area contributed by atoms with Gasteiger partial charge in [0.25, 0.3) is 0 Å². The molecular formula is C51H30N2. The van der Waals surface area contributed by atoms with Crippen molar-refractivity contribution >= 4 is 27.5 Å². The van der Waals surface area contributed by atoms with Crippen LogP contribution in [0, 0.1) is 6.57 Å². The molecule has 0 saturated heterocycles. The van der Waals surface area contributed by atoms with Gasteiger partial charge in [-0.15, -0.1) is 0 Å². The summed E-state index contributed by atoms with van der Waals surface area (Å²) in [5.74, 6) is 0. The zero-order chi connectivity index (χ0) is 34.9. The Bertz CT molecular complexity index is 2980. The fraction of sp³-hybridized carbons (Fsp3) is 0.0392. The molecule has 0 aliphatic heterocycles. The molecule has 2 nitrogen and oxygen atoms in total. The van der Waals surface area contributed by atoms with Gasteiger partial charge in [0, 0.05) is 22.0 Å². The molecule has 3 aliphatic rings. The highest BCUT2D eigenvalue weighted by atomic mass is 15.0. The topological polar surface area (TPSA) is 9.29 Å². The van der Waals surface area contributed by atoms with Gasteiger partial charge >= 0.3 is 0 Å². The summed E-state index contributed by atoms with van der Waals surface area (Å²) in [7, 11) is 0. The summed E-state index contributed by atoms with van der Waals surface area (Å²) in [5, 5.41) is 2.45. The largest absolute Gasteiger partial charge is 0.309 e. The van der Waals surface area contributed by atoms with Crippen molar-refractivity contribution in [1.29, 1.82) is 0 Å². The van der Waals surface area contributed by atoms with Crippen LogP contribution >= 0.6 is 0 Å². The smallest absolute Gasteiger partial charge is 0.187 e. The maximum atomic E-state index is 7.62. The van der Waals surface area contributed by atoms with Gasteiger partial charge in [0.2, 0.25) is 0 Å². The maximum Gasteiger partial charge on any atom is 0.187 e. The molecule has 1 aromatic heterocycles. The molecule has 1 heterocycles. The summed E-state index contributed by atoms with van der Waals surface area (Å²) in [6, 6.07) is 67.4. The Labute approximate surface area is 307 Å². The Hall–Kier alpha value is -6.95. The third kappa shape index (κ3) is 3.26. The number of hydrogen-bond donors (Lipinski definition) is 0. The summed E-state index contributed by atoms with van der Waals surface area (Å²) in [6.45, 7) is 7.62. The van der Waals surface area contributed by atoms with Crippen LogP contribution in [0.4, 0.5) is 5.69 Å². The number of aromatic nitrogens is 1. The van der Waals surface area contributed by atoms with E-state index in [2.05, 4.69) is 179 Å². The van der Waals surface area contributed by atoms with E-state index in [0.29, 0.717) is 5.69 Å². The minimum atomic E-state index is -0.555. The fourth-order valence-corrected chi connectivity index (χ4v) is 10.7. The first-order valence-electron chi connectivity index (χ1n) is 18.3. The Morgan fingerprint density at radius 1 is 0.377 bits per heavy atom. The number of hydrogen-bond acceptors (Lipinski definition) is 0. The van der Waals surface area contributed by atoms with Gasteiger partial charge in [0.15, 0.2) is 5.69 Å². The minimum absolute atomic E-state index is 0.465. The van der Waals surface area contributed by atoms with Crippen molar-refractivity contribution in [3.05, 3.63) is 238 Å². The molecule has 0 N–H and O–H groups in total. The summed E-state index contributed by atoms with van der Waals surface area (Å²) >= 11 is 0. The predicted molar refractivity (Wildman–Crippen MR) is 215 cm³/mol. The lowest BCUT2D eigenvalue weighted by Gasteiger charge is -2.48. The van der Waals surface area contributed by atoms with Crippen molar-refractivity contribution in [1.82, 2.24) is 4.57 Å². The Balaban J connectivity index is 1.28. The van der Waals surface area contributed by atoms with Crippen molar-refractivity contribution in [2.75, 3.05) is 0 Å². The van der Waals surface area contributed by atoms with Crippen LogP contribution < -0.4 is 0 Å². The maximum absolute atomic E-state index is 7.62. The highest BCUT2D eigenvalue weighted by Crippen LogP contribution is 2.68. The van der Waals surface area contributed by atoms with E-state index in [1.165, 1.54) is 83.1 Å². The lowest BCUT2D eigenvalue weighted by atomic mass is 9.52. The Morgan fingerprint density at radius 2 is 0.830 bits per heavy atom. The molecule has 0 fully saturated rings. The molecule has 0 saturated carbocycles. The van der Waals surface area contributed by atoms with Gasteiger partial charge in [-0.2, -0.15) is 0 Å². The average Bonchev–Trinajstić information content (AvgIpc) is 3.83. The first-order chi connectivity index (χ1) is 26.3. The van der Waals surface area contributed by atoms with Gasteiger partial charge in [-0.25, -0.2) is 4.85 Å². The molecular weight excluding hydrogens is 641 g/mol. The van der Waals surface area contributed by atoms with Crippen molar-refractivity contribution in [3.63, 3.8) is 0 Å². The standard InChI is InChI=1S/C51H30N2/c1-52-32-26-28-33(29-27-32)53-47-25-13-5-16-36(47)37-30-31-46-48(49(37)53)38-17-4-8-20-41(38)51(46)44-23-11-9-21-42(44)50(43-22-10-12-24-45(43)51)39-18-6-2-14-34(39)35-15-3-7-19-40(35)50/h2-31H. The molecule has 12 rings (SSSR count). The van der Waals surface area contributed by atoms with E-state index in [9.17, 15) is 0 Å². The average molecular weight is 671 g/mol. The van der Waals surface area contributed by atoms with Gasteiger partial charge in [0.05, 0.1) is 28.4 Å². The summed E-state index contributed by atoms with van der Waals surface area (Å²) in [6.07, 6.45) is 0. The first-order valence-corrected chi connectivity index (χ1v) is 18.3. The molecule has 0 amide bonds. The van der Waals surface area contributed by atoms with Crippen molar-refractivity contribution in [3.8, 4) is 27.9 Å². The molecule has 0 radical (unpaired) electrons. The molecule has 0 unspecified atom stereocenters. The molecule has 8 aromatic carbocycles. The fourth-order valence-electron chi connectivity index (χ4n) is 10.7. The molecule has 9 aromatic rings. The van der Waals surface area contributed by atoms with Crippen molar-refractivity contribution in [2.24, 2.45) is 0 Å². The van der Waals surface area contributed by atoms with Crippen LogP contribution in [-0.4, -0.2) is 4.57 Å². The van der Waals surface area contributed by atoms with E-state index in [0.717, 1.165) is 11.2 Å². The molecule has 3 aliphatic carbocycles. The zero-order valence-electron chi connectivity index (χ0n) is 28.7. The molecule has 244 valence electrons.